The third-order valence-corrected chi connectivity index (χ3v) is 5.96. The highest BCUT2D eigenvalue weighted by molar-refractivity contribution is 5.91. The highest BCUT2D eigenvalue weighted by Gasteiger charge is 2.21. The van der Waals surface area contributed by atoms with Crippen LogP contribution in [0.3, 0.4) is 0 Å². The molecule has 1 aliphatic rings. The van der Waals surface area contributed by atoms with Crippen LogP contribution in [-0.4, -0.2) is 60.2 Å². The van der Waals surface area contributed by atoms with Gasteiger partial charge in [0.1, 0.15) is 5.82 Å². The first-order valence-corrected chi connectivity index (χ1v) is 11.3. The normalized spacial score (nSPS) is 13.5. The molecule has 1 fully saturated rings. The van der Waals surface area contributed by atoms with Gasteiger partial charge in [0.25, 0.3) is 0 Å². The minimum absolute atomic E-state index is 0.112. The van der Waals surface area contributed by atoms with Crippen LogP contribution < -0.4 is 10.2 Å². The molecule has 1 saturated heterocycles. The summed E-state index contributed by atoms with van der Waals surface area (Å²) in [4.78, 5) is 36.7. The lowest BCUT2D eigenvalue weighted by atomic mass is 9.97. The standard InChI is InChI=1S/C26H29N5O3/c1-18-14-20(4-6-23(18)21-8-9-27-19(2)15-21)16-25(32)29-24-7-5-22(17-28-24)30-10-12-31(13-11-30)26(33)34-3/h4-9,14-15,17H,10-13,16H2,1-3H3,(H,28,29,32). The lowest BCUT2D eigenvalue weighted by molar-refractivity contribution is -0.115. The molecule has 0 atom stereocenters. The number of nitrogens with one attached hydrogen (secondary N) is 1. The van der Waals surface area contributed by atoms with E-state index in [1.165, 1.54) is 7.11 Å². The molecule has 2 amide bonds. The number of rotatable bonds is 5. The van der Waals surface area contributed by atoms with E-state index in [0.717, 1.165) is 33.6 Å². The average molecular weight is 460 g/mol. The Morgan fingerprint density at radius 2 is 1.79 bits per heavy atom. The largest absolute Gasteiger partial charge is 0.453 e. The van der Waals surface area contributed by atoms with E-state index in [4.69, 9.17) is 4.74 Å². The van der Waals surface area contributed by atoms with Gasteiger partial charge in [0.05, 0.1) is 25.4 Å². The monoisotopic (exact) mass is 459 g/mol. The number of methoxy groups -OCH3 is 1. The lowest BCUT2D eigenvalue weighted by Crippen LogP contribution is -2.48. The van der Waals surface area contributed by atoms with Gasteiger partial charge in [-0.3, -0.25) is 9.78 Å². The number of benzene rings is 1. The number of nitrogens with zero attached hydrogens (tertiary/aromatic N) is 4. The summed E-state index contributed by atoms with van der Waals surface area (Å²) in [5, 5.41) is 2.88. The fraction of sp³-hybridized carbons (Fsp3) is 0.308. The van der Waals surface area contributed by atoms with Gasteiger partial charge in [0.15, 0.2) is 0 Å². The zero-order valence-corrected chi connectivity index (χ0v) is 19.7. The van der Waals surface area contributed by atoms with E-state index in [0.29, 0.717) is 32.0 Å². The SMILES string of the molecule is COC(=O)N1CCN(c2ccc(NC(=O)Cc3ccc(-c4ccnc(C)c4)c(C)c3)nc2)CC1. The number of hydrogen-bond acceptors (Lipinski definition) is 6. The molecule has 1 aliphatic heterocycles. The molecule has 0 aliphatic carbocycles. The van der Waals surface area contributed by atoms with E-state index in [2.05, 4.69) is 45.3 Å². The van der Waals surface area contributed by atoms with Crippen molar-refractivity contribution in [2.24, 2.45) is 0 Å². The Morgan fingerprint density at radius 3 is 2.44 bits per heavy atom. The Morgan fingerprint density at radius 1 is 1.00 bits per heavy atom. The number of carbonyl (C=O) groups is 2. The lowest BCUT2D eigenvalue weighted by Gasteiger charge is -2.35. The van der Waals surface area contributed by atoms with Crippen LogP contribution in [0.15, 0.2) is 54.9 Å². The van der Waals surface area contributed by atoms with E-state index in [-0.39, 0.29) is 18.4 Å². The first-order valence-electron chi connectivity index (χ1n) is 11.3. The Balaban J connectivity index is 1.33. The number of amides is 2. The maximum atomic E-state index is 12.6. The summed E-state index contributed by atoms with van der Waals surface area (Å²) in [5.74, 6) is 0.404. The van der Waals surface area contributed by atoms with Crippen LogP contribution in [0.5, 0.6) is 0 Å². The van der Waals surface area contributed by atoms with E-state index in [9.17, 15) is 9.59 Å². The highest BCUT2D eigenvalue weighted by Crippen LogP contribution is 2.25. The minimum atomic E-state index is -0.298. The maximum Gasteiger partial charge on any atom is 0.409 e. The summed E-state index contributed by atoms with van der Waals surface area (Å²) >= 11 is 0. The molecule has 4 rings (SSSR count). The van der Waals surface area contributed by atoms with Crippen molar-refractivity contribution in [1.82, 2.24) is 14.9 Å². The number of hydrogen-bond donors (Lipinski definition) is 1. The molecule has 1 N–H and O–H groups in total. The second-order valence-electron chi connectivity index (χ2n) is 8.41. The highest BCUT2D eigenvalue weighted by atomic mass is 16.5. The number of aryl methyl sites for hydroxylation is 2. The van der Waals surface area contributed by atoms with E-state index < -0.39 is 0 Å². The van der Waals surface area contributed by atoms with Gasteiger partial charge in [-0.05, 0) is 60.4 Å². The molecule has 0 bridgehead atoms. The summed E-state index contributed by atoms with van der Waals surface area (Å²) in [7, 11) is 1.39. The van der Waals surface area contributed by atoms with Gasteiger partial charge in [-0.1, -0.05) is 18.2 Å². The zero-order valence-electron chi connectivity index (χ0n) is 19.7. The molecule has 0 unspecified atom stereocenters. The van der Waals surface area contributed by atoms with Crippen molar-refractivity contribution in [3.8, 4) is 11.1 Å². The summed E-state index contributed by atoms with van der Waals surface area (Å²) in [6.07, 6.45) is 3.54. The molecular weight excluding hydrogens is 430 g/mol. The van der Waals surface area contributed by atoms with Crippen LogP contribution in [0.1, 0.15) is 16.8 Å². The molecule has 8 nitrogen and oxygen atoms in total. The van der Waals surface area contributed by atoms with Crippen molar-refractivity contribution in [2.75, 3.05) is 43.5 Å². The van der Waals surface area contributed by atoms with Gasteiger partial charge in [-0.2, -0.15) is 0 Å². The van der Waals surface area contributed by atoms with Crippen molar-refractivity contribution in [3.05, 3.63) is 71.7 Å². The molecule has 1 aromatic carbocycles. The molecule has 0 radical (unpaired) electrons. The smallest absolute Gasteiger partial charge is 0.409 e. The van der Waals surface area contributed by atoms with Gasteiger partial charge in [0, 0.05) is 38.1 Å². The van der Waals surface area contributed by atoms with Crippen molar-refractivity contribution in [3.63, 3.8) is 0 Å². The average Bonchev–Trinajstić information content (AvgIpc) is 2.84. The predicted octanol–water partition coefficient (Wildman–Crippen LogP) is 3.83. The molecular formula is C26H29N5O3. The predicted molar refractivity (Wildman–Crippen MR) is 132 cm³/mol. The molecule has 3 heterocycles. The van der Waals surface area contributed by atoms with Gasteiger partial charge in [-0.15, -0.1) is 0 Å². The van der Waals surface area contributed by atoms with Crippen LogP contribution in [0.2, 0.25) is 0 Å². The number of carbonyl (C=O) groups excluding carboxylic acids is 2. The summed E-state index contributed by atoms with van der Waals surface area (Å²) < 4.78 is 4.78. The Kier molecular flexibility index (Phi) is 7.06. The second-order valence-corrected chi connectivity index (χ2v) is 8.41. The van der Waals surface area contributed by atoms with Crippen LogP contribution >= 0.6 is 0 Å². The quantitative estimate of drug-likeness (QED) is 0.624. The van der Waals surface area contributed by atoms with Gasteiger partial charge in [-0.25, -0.2) is 9.78 Å². The van der Waals surface area contributed by atoms with Crippen LogP contribution in [0.25, 0.3) is 11.1 Å². The summed E-state index contributed by atoms with van der Waals surface area (Å²) in [5.41, 5.74) is 6.26. The number of pyridine rings is 2. The van der Waals surface area contributed by atoms with Crippen LogP contribution in [0.4, 0.5) is 16.3 Å². The zero-order chi connectivity index (χ0) is 24.1. The van der Waals surface area contributed by atoms with Crippen LogP contribution in [0, 0.1) is 13.8 Å². The summed E-state index contributed by atoms with van der Waals surface area (Å²) in [6, 6.07) is 13.9. The number of aromatic nitrogens is 2. The van der Waals surface area contributed by atoms with Gasteiger partial charge in [0.2, 0.25) is 5.91 Å². The van der Waals surface area contributed by atoms with E-state index in [1.54, 1.807) is 17.2 Å². The molecule has 34 heavy (non-hydrogen) atoms. The fourth-order valence-corrected chi connectivity index (χ4v) is 4.17. The van der Waals surface area contributed by atoms with Crippen molar-refractivity contribution in [2.45, 2.75) is 20.3 Å². The maximum absolute atomic E-state index is 12.6. The second kappa shape index (κ2) is 10.3. The first kappa shape index (κ1) is 23.2. The van der Waals surface area contributed by atoms with Crippen molar-refractivity contribution < 1.29 is 14.3 Å². The number of anilines is 2. The number of piperazine rings is 1. The van der Waals surface area contributed by atoms with Crippen molar-refractivity contribution >= 4 is 23.5 Å². The Bertz CT molecular complexity index is 1170. The van der Waals surface area contributed by atoms with Gasteiger partial charge >= 0.3 is 6.09 Å². The molecule has 0 spiro atoms. The minimum Gasteiger partial charge on any atom is -0.453 e. The molecule has 8 heteroatoms. The summed E-state index contributed by atoms with van der Waals surface area (Å²) in [6.45, 7) is 6.64. The Labute approximate surface area is 199 Å². The third kappa shape index (κ3) is 5.51. The molecule has 176 valence electrons. The first-order chi connectivity index (χ1) is 16.4. The molecule has 0 saturated carbocycles. The molecule has 2 aromatic heterocycles. The van der Waals surface area contributed by atoms with E-state index in [1.807, 2.05) is 31.3 Å². The van der Waals surface area contributed by atoms with Gasteiger partial charge < -0.3 is 19.9 Å². The van der Waals surface area contributed by atoms with Crippen LogP contribution in [-0.2, 0) is 16.0 Å². The fourth-order valence-electron chi connectivity index (χ4n) is 4.17. The Hall–Kier alpha value is -3.94. The topological polar surface area (TPSA) is 87.7 Å². The molecule has 3 aromatic rings. The third-order valence-electron chi connectivity index (χ3n) is 5.96. The van der Waals surface area contributed by atoms with Crippen molar-refractivity contribution in [1.29, 1.82) is 0 Å². The number of ether oxygens (including phenoxy) is 1. The van der Waals surface area contributed by atoms with E-state index >= 15 is 0 Å².